The molecule has 0 bridgehead atoms. The van der Waals surface area contributed by atoms with Gasteiger partial charge in [0, 0.05) is 17.0 Å². The summed E-state index contributed by atoms with van der Waals surface area (Å²) in [6.07, 6.45) is -4.65. The Morgan fingerprint density at radius 2 is 1.86 bits per heavy atom. The van der Waals surface area contributed by atoms with Crippen LogP contribution in [0.4, 0.5) is 22.7 Å². The summed E-state index contributed by atoms with van der Waals surface area (Å²) in [6, 6.07) is 3.18. The van der Waals surface area contributed by atoms with Crippen LogP contribution in [-0.2, 0) is 16.2 Å². The molecule has 3 aromatic rings. The predicted molar refractivity (Wildman–Crippen MR) is 101 cm³/mol. The predicted octanol–water partition coefficient (Wildman–Crippen LogP) is 4.85. The first-order valence-corrected chi connectivity index (χ1v) is 10.8. The first-order chi connectivity index (χ1) is 13.5. The van der Waals surface area contributed by atoms with E-state index in [-0.39, 0.29) is 31.4 Å². The fourth-order valence-electron chi connectivity index (χ4n) is 2.26. The molecule has 0 fully saturated rings. The molecular formula is C16H12F4N2O4S3. The van der Waals surface area contributed by atoms with Crippen molar-refractivity contribution in [3.05, 3.63) is 41.0 Å². The topological polar surface area (TPSA) is 77.5 Å². The Morgan fingerprint density at radius 3 is 2.45 bits per heavy atom. The molecule has 0 aliphatic heterocycles. The smallest absolute Gasteiger partial charge is 0.416 e. The van der Waals surface area contributed by atoms with Gasteiger partial charge in [-0.25, -0.2) is 17.8 Å². The maximum atomic E-state index is 14.0. The second-order valence-electron chi connectivity index (χ2n) is 5.46. The molecule has 0 atom stereocenters. The van der Waals surface area contributed by atoms with Crippen LogP contribution in [0.15, 0.2) is 33.9 Å². The zero-order valence-electron chi connectivity index (χ0n) is 14.7. The number of rotatable bonds is 6. The third-order valence-corrected chi connectivity index (χ3v) is 7.39. The van der Waals surface area contributed by atoms with Crippen molar-refractivity contribution in [1.82, 2.24) is 4.98 Å². The first-order valence-electron chi connectivity index (χ1n) is 7.62. The van der Waals surface area contributed by atoms with Crippen molar-refractivity contribution in [3.8, 4) is 22.1 Å². The van der Waals surface area contributed by atoms with Crippen molar-refractivity contribution in [2.24, 2.45) is 0 Å². The standard InChI is InChI=1S/C16H12F4N2O4S3/c1-25-12-6-13(28-14(12)26-2)29(23,24)22-15-21-11(7-27-15)9-5-8(16(18,19)20)3-4-10(9)17/h3-7H,1-2H3,(H,21,22). The number of nitrogens with zero attached hydrogens (tertiary/aromatic N) is 1. The highest BCUT2D eigenvalue weighted by Gasteiger charge is 2.31. The van der Waals surface area contributed by atoms with Gasteiger partial charge in [0.05, 0.1) is 25.5 Å². The lowest BCUT2D eigenvalue weighted by Gasteiger charge is -2.08. The van der Waals surface area contributed by atoms with Crippen LogP contribution in [-0.4, -0.2) is 27.6 Å². The zero-order chi connectivity index (χ0) is 21.4. The fraction of sp³-hybridized carbons (Fsp3) is 0.188. The van der Waals surface area contributed by atoms with E-state index in [1.165, 1.54) is 25.7 Å². The van der Waals surface area contributed by atoms with Gasteiger partial charge in [-0.15, -0.1) is 11.3 Å². The minimum absolute atomic E-state index is 0.117. The molecule has 0 aliphatic rings. The van der Waals surface area contributed by atoms with Gasteiger partial charge in [0.25, 0.3) is 10.0 Å². The number of nitrogens with one attached hydrogen (secondary N) is 1. The highest BCUT2D eigenvalue weighted by Crippen LogP contribution is 2.40. The van der Waals surface area contributed by atoms with E-state index in [2.05, 4.69) is 9.71 Å². The van der Waals surface area contributed by atoms with Gasteiger partial charge in [0.2, 0.25) is 5.06 Å². The average Bonchev–Trinajstić information content (AvgIpc) is 3.27. The Bertz CT molecular complexity index is 1120. The van der Waals surface area contributed by atoms with E-state index >= 15 is 0 Å². The number of hydrogen-bond donors (Lipinski definition) is 1. The van der Waals surface area contributed by atoms with Crippen LogP contribution in [0, 0.1) is 5.82 Å². The minimum atomic E-state index is -4.65. The summed E-state index contributed by atoms with van der Waals surface area (Å²) in [7, 11) is -1.35. The van der Waals surface area contributed by atoms with E-state index in [9.17, 15) is 26.0 Å². The minimum Gasteiger partial charge on any atom is -0.492 e. The second-order valence-corrected chi connectivity index (χ2v) is 9.24. The highest BCUT2D eigenvalue weighted by atomic mass is 32.2. The largest absolute Gasteiger partial charge is 0.492 e. The summed E-state index contributed by atoms with van der Waals surface area (Å²) in [4.78, 5) is 3.91. The first kappa shape index (κ1) is 21.3. The summed E-state index contributed by atoms with van der Waals surface area (Å²) in [5.74, 6) is -0.686. The number of anilines is 1. The number of ether oxygens (including phenoxy) is 2. The molecule has 0 saturated heterocycles. The average molecular weight is 468 g/mol. The van der Waals surface area contributed by atoms with Gasteiger partial charge in [-0.2, -0.15) is 13.2 Å². The number of methoxy groups -OCH3 is 2. The molecule has 0 aliphatic carbocycles. The van der Waals surface area contributed by atoms with Crippen molar-refractivity contribution < 1.29 is 35.5 Å². The summed E-state index contributed by atoms with van der Waals surface area (Å²) in [5, 5.41) is 1.37. The molecule has 1 aromatic carbocycles. The van der Waals surface area contributed by atoms with Gasteiger partial charge in [0.1, 0.15) is 10.0 Å². The van der Waals surface area contributed by atoms with E-state index in [0.717, 1.165) is 22.7 Å². The molecule has 29 heavy (non-hydrogen) atoms. The number of aromatic nitrogens is 1. The maximum absolute atomic E-state index is 14.0. The van der Waals surface area contributed by atoms with Crippen LogP contribution in [0.25, 0.3) is 11.3 Å². The molecule has 0 spiro atoms. The third-order valence-electron chi connectivity index (χ3n) is 3.61. The molecule has 156 valence electrons. The molecule has 2 heterocycles. The van der Waals surface area contributed by atoms with E-state index in [1.807, 2.05) is 0 Å². The molecule has 0 amide bonds. The molecule has 0 saturated carbocycles. The molecule has 3 rings (SSSR count). The molecule has 1 N–H and O–H groups in total. The number of halogens is 4. The number of thiazole rings is 1. The van der Waals surface area contributed by atoms with Crippen LogP contribution in [0.2, 0.25) is 0 Å². The number of thiophene rings is 1. The lowest BCUT2D eigenvalue weighted by molar-refractivity contribution is -0.137. The lowest BCUT2D eigenvalue weighted by Crippen LogP contribution is -2.11. The van der Waals surface area contributed by atoms with E-state index in [1.54, 1.807) is 0 Å². The van der Waals surface area contributed by atoms with Gasteiger partial charge >= 0.3 is 6.18 Å². The zero-order valence-corrected chi connectivity index (χ0v) is 17.2. The normalized spacial score (nSPS) is 12.1. The lowest BCUT2D eigenvalue weighted by atomic mass is 10.1. The molecule has 0 radical (unpaired) electrons. The number of alkyl halides is 3. The summed E-state index contributed by atoms with van der Waals surface area (Å²) in [6.45, 7) is 0. The Kier molecular flexibility index (Phi) is 5.74. The number of benzene rings is 1. The highest BCUT2D eigenvalue weighted by molar-refractivity contribution is 7.94. The van der Waals surface area contributed by atoms with Crippen LogP contribution in [0.3, 0.4) is 0 Å². The van der Waals surface area contributed by atoms with Crippen molar-refractivity contribution >= 4 is 37.8 Å². The molecular weight excluding hydrogens is 456 g/mol. The van der Waals surface area contributed by atoms with E-state index < -0.39 is 27.6 Å². The van der Waals surface area contributed by atoms with E-state index in [4.69, 9.17) is 9.47 Å². The summed E-state index contributed by atoms with van der Waals surface area (Å²) in [5.41, 5.74) is -1.56. The summed E-state index contributed by atoms with van der Waals surface area (Å²) < 4.78 is 89.8. The Hall–Kier alpha value is -2.38. The van der Waals surface area contributed by atoms with Gasteiger partial charge < -0.3 is 9.47 Å². The Morgan fingerprint density at radius 1 is 1.14 bits per heavy atom. The van der Waals surface area contributed by atoms with Crippen LogP contribution in [0.1, 0.15) is 5.56 Å². The van der Waals surface area contributed by atoms with Crippen LogP contribution < -0.4 is 14.2 Å². The number of sulfonamides is 1. The van der Waals surface area contributed by atoms with Crippen LogP contribution >= 0.6 is 22.7 Å². The third kappa shape index (κ3) is 4.46. The molecule has 0 unspecified atom stereocenters. The van der Waals surface area contributed by atoms with Gasteiger partial charge in [-0.05, 0) is 18.2 Å². The van der Waals surface area contributed by atoms with Gasteiger partial charge in [-0.3, -0.25) is 4.72 Å². The maximum Gasteiger partial charge on any atom is 0.416 e. The monoisotopic (exact) mass is 468 g/mol. The second kappa shape index (κ2) is 7.80. The SMILES string of the molecule is COc1cc(S(=O)(=O)Nc2nc(-c3cc(C(F)(F)F)ccc3F)cs2)sc1OC. The van der Waals surface area contributed by atoms with Crippen molar-refractivity contribution in [2.45, 2.75) is 10.4 Å². The number of hydrogen-bond acceptors (Lipinski definition) is 7. The Balaban J connectivity index is 1.90. The quantitative estimate of drug-likeness (QED) is 0.524. The van der Waals surface area contributed by atoms with Gasteiger partial charge in [0.15, 0.2) is 10.9 Å². The fourth-order valence-corrected chi connectivity index (χ4v) is 5.44. The molecule has 2 aromatic heterocycles. The molecule has 13 heteroatoms. The van der Waals surface area contributed by atoms with Crippen molar-refractivity contribution in [1.29, 1.82) is 0 Å². The van der Waals surface area contributed by atoms with Gasteiger partial charge in [-0.1, -0.05) is 11.3 Å². The Labute approximate surface area is 170 Å². The van der Waals surface area contributed by atoms with E-state index in [0.29, 0.717) is 18.2 Å². The summed E-state index contributed by atoms with van der Waals surface area (Å²) >= 11 is 1.62. The van der Waals surface area contributed by atoms with Crippen molar-refractivity contribution in [2.75, 3.05) is 18.9 Å². The molecule has 6 nitrogen and oxygen atoms in total. The van der Waals surface area contributed by atoms with Crippen molar-refractivity contribution in [3.63, 3.8) is 0 Å². The van der Waals surface area contributed by atoms with Crippen LogP contribution in [0.5, 0.6) is 10.8 Å².